The highest BCUT2D eigenvalue weighted by Gasteiger charge is 2.38. The van der Waals surface area contributed by atoms with Gasteiger partial charge in [-0.3, -0.25) is 4.79 Å². The summed E-state index contributed by atoms with van der Waals surface area (Å²) in [4.78, 5) is 15.0. The van der Waals surface area contributed by atoms with Gasteiger partial charge in [0, 0.05) is 19.6 Å². The Morgan fingerprint density at radius 2 is 2.05 bits per heavy atom. The third kappa shape index (κ3) is 5.06. The molecule has 0 bridgehead atoms. The standard InChI is InChI=1S/C16H33N3O/c1-4-8-16(9-7-10-17-14-16)15(20)18-11-13-19(6-3)12-5-2/h17H,4-14H2,1-3H3,(H,18,20). The minimum atomic E-state index is -0.158. The number of hydrogen-bond donors (Lipinski definition) is 2. The predicted octanol–water partition coefficient (Wildman–Crippen LogP) is 2.00. The fourth-order valence-electron chi connectivity index (χ4n) is 3.23. The van der Waals surface area contributed by atoms with E-state index in [4.69, 9.17) is 0 Å². The molecule has 1 rings (SSSR count). The maximum atomic E-state index is 12.6. The van der Waals surface area contributed by atoms with Crippen LogP contribution in [0.1, 0.15) is 52.9 Å². The van der Waals surface area contributed by atoms with E-state index in [1.165, 1.54) is 6.42 Å². The molecule has 1 atom stereocenters. The lowest BCUT2D eigenvalue weighted by Gasteiger charge is -2.36. The zero-order chi connectivity index (χ0) is 14.8. The fourth-order valence-corrected chi connectivity index (χ4v) is 3.23. The van der Waals surface area contributed by atoms with E-state index in [1.54, 1.807) is 0 Å². The van der Waals surface area contributed by atoms with Crippen LogP contribution in [0, 0.1) is 5.41 Å². The van der Waals surface area contributed by atoms with Gasteiger partial charge in [0.05, 0.1) is 5.41 Å². The van der Waals surface area contributed by atoms with Crippen molar-refractivity contribution in [1.29, 1.82) is 0 Å². The van der Waals surface area contributed by atoms with Gasteiger partial charge in [-0.1, -0.05) is 27.2 Å². The van der Waals surface area contributed by atoms with Crippen LogP contribution in [0.2, 0.25) is 0 Å². The lowest BCUT2D eigenvalue weighted by molar-refractivity contribution is -0.132. The third-order valence-corrected chi connectivity index (χ3v) is 4.38. The average molecular weight is 283 g/mol. The number of carbonyl (C=O) groups is 1. The molecule has 4 nitrogen and oxygen atoms in total. The van der Waals surface area contributed by atoms with E-state index in [0.717, 1.165) is 65.0 Å². The lowest BCUT2D eigenvalue weighted by atomic mass is 9.76. The monoisotopic (exact) mass is 283 g/mol. The van der Waals surface area contributed by atoms with E-state index in [1.807, 2.05) is 0 Å². The summed E-state index contributed by atoms with van der Waals surface area (Å²) in [6.45, 7) is 12.4. The van der Waals surface area contributed by atoms with Crippen LogP contribution in [0.5, 0.6) is 0 Å². The van der Waals surface area contributed by atoms with E-state index >= 15 is 0 Å². The zero-order valence-corrected chi connectivity index (χ0v) is 13.6. The first kappa shape index (κ1) is 17.4. The normalized spacial score (nSPS) is 23.0. The molecule has 1 saturated heterocycles. The van der Waals surface area contributed by atoms with Gasteiger partial charge in [-0.25, -0.2) is 0 Å². The molecule has 118 valence electrons. The van der Waals surface area contributed by atoms with Crippen LogP contribution in [0.4, 0.5) is 0 Å². The van der Waals surface area contributed by atoms with Crippen molar-refractivity contribution in [2.45, 2.75) is 52.9 Å². The third-order valence-electron chi connectivity index (χ3n) is 4.38. The summed E-state index contributed by atoms with van der Waals surface area (Å²) in [5, 5.41) is 6.58. The maximum Gasteiger partial charge on any atom is 0.227 e. The predicted molar refractivity (Wildman–Crippen MR) is 84.9 cm³/mol. The van der Waals surface area contributed by atoms with Crippen LogP contribution >= 0.6 is 0 Å². The van der Waals surface area contributed by atoms with Crippen molar-refractivity contribution >= 4 is 5.91 Å². The number of rotatable bonds is 9. The van der Waals surface area contributed by atoms with Gasteiger partial charge in [-0.05, 0) is 45.3 Å². The van der Waals surface area contributed by atoms with Crippen molar-refractivity contribution in [3.05, 3.63) is 0 Å². The molecule has 0 aromatic carbocycles. The summed E-state index contributed by atoms with van der Waals surface area (Å²) < 4.78 is 0. The summed E-state index contributed by atoms with van der Waals surface area (Å²) in [7, 11) is 0. The van der Waals surface area contributed by atoms with Crippen molar-refractivity contribution in [2.75, 3.05) is 39.3 Å². The molecule has 1 fully saturated rings. The molecular formula is C16H33N3O. The highest BCUT2D eigenvalue weighted by Crippen LogP contribution is 2.31. The van der Waals surface area contributed by atoms with Crippen LogP contribution in [-0.2, 0) is 4.79 Å². The smallest absolute Gasteiger partial charge is 0.227 e. The topological polar surface area (TPSA) is 44.4 Å². The van der Waals surface area contributed by atoms with E-state index in [9.17, 15) is 4.79 Å². The average Bonchev–Trinajstić information content (AvgIpc) is 2.47. The second-order valence-electron chi connectivity index (χ2n) is 6.00. The second-order valence-corrected chi connectivity index (χ2v) is 6.00. The molecule has 0 aliphatic carbocycles. The number of nitrogens with one attached hydrogen (secondary N) is 2. The minimum absolute atomic E-state index is 0.158. The van der Waals surface area contributed by atoms with Gasteiger partial charge in [0.1, 0.15) is 0 Å². The first-order valence-corrected chi connectivity index (χ1v) is 8.40. The molecule has 1 unspecified atom stereocenters. The molecule has 0 aromatic heterocycles. The SMILES string of the molecule is CCCN(CC)CCNC(=O)C1(CCC)CCCNC1. The Bertz CT molecular complexity index is 269. The molecule has 1 aliphatic rings. The van der Waals surface area contributed by atoms with Gasteiger partial charge in [0.25, 0.3) is 0 Å². The molecule has 0 radical (unpaired) electrons. The molecule has 0 saturated carbocycles. The van der Waals surface area contributed by atoms with Crippen molar-refractivity contribution in [3.63, 3.8) is 0 Å². The molecule has 4 heteroatoms. The number of carbonyl (C=O) groups excluding carboxylic acids is 1. The first-order chi connectivity index (χ1) is 9.68. The second kappa shape index (κ2) is 9.35. The van der Waals surface area contributed by atoms with E-state index in [2.05, 4.69) is 36.3 Å². The molecule has 0 spiro atoms. The lowest BCUT2D eigenvalue weighted by Crippen LogP contribution is -2.51. The van der Waals surface area contributed by atoms with Gasteiger partial charge >= 0.3 is 0 Å². The highest BCUT2D eigenvalue weighted by atomic mass is 16.2. The Morgan fingerprint density at radius 1 is 1.25 bits per heavy atom. The Morgan fingerprint density at radius 3 is 2.60 bits per heavy atom. The van der Waals surface area contributed by atoms with Crippen LogP contribution in [-0.4, -0.2) is 50.1 Å². The molecule has 1 aliphatic heterocycles. The Kier molecular flexibility index (Phi) is 8.15. The Balaban J connectivity index is 2.42. The van der Waals surface area contributed by atoms with Crippen LogP contribution < -0.4 is 10.6 Å². The number of nitrogens with zero attached hydrogens (tertiary/aromatic N) is 1. The van der Waals surface area contributed by atoms with Crippen LogP contribution in [0.3, 0.4) is 0 Å². The van der Waals surface area contributed by atoms with Gasteiger partial charge in [-0.15, -0.1) is 0 Å². The number of likely N-dealkylation sites (N-methyl/N-ethyl adjacent to an activating group) is 1. The summed E-state index contributed by atoms with van der Waals surface area (Å²) in [5.41, 5.74) is -0.158. The van der Waals surface area contributed by atoms with E-state index in [-0.39, 0.29) is 11.3 Å². The van der Waals surface area contributed by atoms with Crippen LogP contribution in [0.25, 0.3) is 0 Å². The number of amides is 1. The number of hydrogen-bond acceptors (Lipinski definition) is 3. The van der Waals surface area contributed by atoms with Gasteiger partial charge in [-0.2, -0.15) is 0 Å². The van der Waals surface area contributed by atoms with Gasteiger partial charge in [0.2, 0.25) is 5.91 Å². The molecule has 1 amide bonds. The Labute approximate surface area is 124 Å². The number of piperidine rings is 1. The molecule has 2 N–H and O–H groups in total. The molecule has 20 heavy (non-hydrogen) atoms. The quantitative estimate of drug-likeness (QED) is 0.680. The van der Waals surface area contributed by atoms with Gasteiger partial charge < -0.3 is 15.5 Å². The molecular weight excluding hydrogens is 250 g/mol. The first-order valence-electron chi connectivity index (χ1n) is 8.40. The largest absolute Gasteiger partial charge is 0.354 e. The maximum absolute atomic E-state index is 12.6. The van der Waals surface area contributed by atoms with E-state index in [0.29, 0.717) is 0 Å². The van der Waals surface area contributed by atoms with Crippen molar-refractivity contribution < 1.29 is 4.79 Å². The summed E-state index contributed by atoms with van der Waals surface area (Å²) in [6, 6.07) is 0. The van der Waals surface area contributed by atoms with E-state index < -0.39 is 0 Å². The van der Waals surface area contributed by atoms with Crippen LogP contribution in [0.15, 0.2) is 0 Å². The Hall–Kier alpha value is -0.610. The minimum Gasteiger partial charge on any atom is -0.354 e. The summed E-state index contributed by atoms with van der Waals surface area (Å²) in [6.07, 6.45) is 5.40. The van der Waals surface area contributed by atoms with Crippen molar-refractivity contribution in [3.8, 4) is 0 Å². The molecule has 1 heterocycles. The molecule has 0 aromatic rings. The zero-order valence-electron chi connectivity index (χ0n) is 13.6. The van der Waals surface area contributed by atoms with Crippen molar-refractivity contribution in [1.82, 2.24) is 15.5 Å². The van der Waals surface area contributed by atoms with Gasteiger partial charge in [0.15, 0.2) is 0 Å². The highest BCUT2D eigenvalue weighted by molar-refractivity contribution is 5.83. The summed E-state index contributed by atoms with van der Waals surface area (Å²) in [5.74, 6) is 0.263. The fraction of sp³-hybridized carbons (Fsp3) is 0.938. The summed E-state index contributed by atoms with van der Waals surface area (Å²) >= 11 is 0. The van der Waals surface area contributed by atoms with Crippen molar-refractivity contribution in [2.24, 2.45) is 5.41 Å².